The van der Waals surface area contributed by atoms with Crippen LogP contribution in [0.15, 0.2) is 42.5 Å². The van der Waals surface area contributed by atoms with Crippen LogP contribution < -0.4 is 5.32 Å². The van der Waals surface area contributed by atoms with Crippen molar-refractivity contribution in [3.63, 3.8) is 0 Å². The molecule has 2 rings (SSSR count). The van der Waals surface area contributed by atoms with E-state index in [-0.39, 0.29) is 16.1 Å². The maximum absolute atomic E-state index is 12.1. The van der Waals surface area contributed by atoms with E-state index in [1.54, 1.807) is 24.3 Å². The van der Waals surface area contributed by atoms with Crippen molar-refractivity contribution >= 4 is 51.6 Å². The molecule has 0 unspecified atom stereocenters. The Morgan fingerprint density at radius 3 is 2.30 bits per heavy atom. The van der Waals surface area contributed by atoms with Gasteiger partial charge in [0.2, 0.25) is 0 Å². The summed E-state index contributed by atoms with van der Waals surface area (Å²) in [5, 5.41) is 2.61. The first-order valence-electron chi connectivity index (χ1n) is 5.54. The smallest absolute Gasteiger partial charge is 0.257 e. The van der Waals surface area contributed by atoms with E-state index in [1.165, 1.54) is 18.2 Å². The maximum atomic E-state index is 12.1. The summed E-state index contributed by atoms with van der Waals surface area (Å²) in [6, 6.07) is 11.0. The number of hydrogen-bond donors (Lipinski definition) is 1. The van der Waals surface area contributed by atoms with E-state index in [1.807, 2.05) is 0 Å². The molecular weight excluding hydrogens is 321 g/mol. The number of benzene rings is 2. The third-order valence-corrected chi connectivity index (χ3v) is 3.31. The monoisotopic (exact) mass is 327 g/mol. The van der Waals surface area contributed by atoms with Crippen LogP contribution in [-0.4, -0.2) is 11.1 Å². The lowest BCUT2D eigenvalue weighted by Crippen LogP contribution is -2.14. The molecule has 0 atom stereocenters. The zero-order chi connectivity index (χ0) is 14.7. The van der Waals surface area contributed by atoms with Gasteiger partial charge in [-0.3, -0.25) is 9.59 Å². The quantitative estimate of drug-likeness (QED) is 0.835. The lowest BCUT2D eigenvalue weighted by molar-refractivity contribution is 0.102. The Bertz CT molecular complexity index is 686. The summed E-state index contributed by atoms with van der Waals surface area (Å²) in [4.78, 5) is 23.4. The Balaban J connectivity index is 2.30. The van der Waals surface area contributed by atoms with Crippen molar-refractivity contribution in [3.05, 3.63) is 63.6 Å². The fourth-order valence-electron chi connectivity index (χ4n) is 1.63. The molecule has 0 aliphatic heterocycles. The predicted molar refractivity (Wildman–Crippen MR) is 81.0 cm³/mol. The normalized spacial score (nSPS) is 10.2. The van der Waals surface area contributed by atoms with Crippen molar-refractivity contribution < 1.29 is 9.59 Å². The van der Waals surface area contributed by atoms with Gasteiger partial charge in [-0.25, -0.2) is 0 Å². The van der Waals surface area contributed by atoms with E-state index in [9.17, 15) is 9.59 Å². The zero-order valence-electron chi connectivity index (χ0n) is 9.99. The maximum Gasteiger partial charge on any atom is 0.257 e. The standard InChI is InChI=1S/C14H8Cl3NO2/c15-8-5-6-9(11(16)7-8)14(20)18-12-4-2-1-3-10(12)13(17)19/h1-7H,(H,18,20). The molecule has 0 fully saturated rings. The van der Waals surface area contributed by atoms with E-state index < -0.39 is 11.1 Å². The Labute approximate surface area is 130 Å². The van der Waals surface area contributed by atoms with Gasteiger partial charge in [0.15, 0.2) is 0 Å². The fourth-order valence-corrected chi connectivity index (χ4v) is 2.29. The van der Waals surface area contributed by atoms with Crippen LogP contribution in [0.4, 0.5) is 5.69 Å². The van der Waals surface area contributed by atoms with Crippen molar-refractivity contribution in [3.8, 4) is 0 Å². The summed E-state index contributed by atoms with van der Waals surface area (Å²) in [5.41, 5.74) is 0.795. The van der Waals surface area contributed by atoms with Gasteiger partial charge in [0.1, 0.15) is 0 Å². The van der Waals surface area contributed by atoms with Crippen molar-refractivity contribution in [2.24, 2.45) is 0 Å². The van der Waals surface area contributed by atoms with E-state index in [0.717, 1.165) is 0 Å². The molecule has 0 aliphatic rings. The van der Waals surface area contributed by atoms with E-state index >= 15 is 0 Å². The average Bonchev–Trinajstić information content (AvgIpc) is 2.38. The lowest BCUT2D eigenvalue weighted by Gasteiger charge is -2.09. The summed E-state index contributed by atoms with van der Waals surface area (Å²) in [6.07, 6.45) is 0. The highest BCUT2D eigenvalue weighted by Crippen LogP contribution is 2.23. The van der Waals surface area contributed by atoms with Crippen LogP contribution in [-0.2, 0) is 0 Å². The highest BCUT2D eigenvalue weighted by atomic mass is 35.5. The van der Waals surface area contributed by atoms with Crippen LogP contribution in [0.25, 0.3) is 0 Å². The second kappa shape index (κ2) is 6.27. The van der Waals surface area contributed by atoms with Gasteiger partial charge in [0.05, 0.1) is 21.8 Å². The Morgan fingerprint density at radius 2 is 1.65 bits per heavy atom. The van der Waals surface area contributed by atoms with Crippen LogP contribution in [0.3, 0.4) is 0 Å². The first-order chi connectivity index (χ1) is 9.49. The number of para-hydroxylation sites is 1. The van der Waals surface area contributed by atoms with Crippen LogP contribution in [0.1, 0.15) is 20.7 Å². The number of rotatable bonds is 3. The number of carbonyl (C=O) groups is 2. The highest BCUT2D eigenvalue weighted by molar-refractivity contribution is 6.68. The second-order valence-electron chi connectivity index (χ2n) is 3.90. The molecule has 0 bridgehead atoms. The minimum Gasteiger partial charge on any atom is -0.321 e. The number of anilines is 1. The highest BCUT2D eigenvalue weighted by Gasteiger charge is 2.14. The number of carbonyl (C=O) groups excluding carboxylic acids is 2. The molecule has 2 aromatic rings. The molecule has 2 aromatic carbocycles. The van der Waals surface area contributed by atoms with E-state index in [0.29, 0.717) is 10.7 Å². The minimum atomic E-state index is -0.650. The molecule has 6 heteroatoms. The Morgan fingerprint density at radius 1 is 0.950 bits per heavy atom. The van der Waals surface area contributed by atoms with Gasteiger partial charge >= 0.3 is 0 Å². The summed E-state index contributed by atoms with van der Waals surface area (Å²) in [5.74, 6) is -0.447. The average molecular weight is 329 g/mol. The number of amides is 1. The van der Waals surface area contributed by atoms with Crippen LogP contribution in [0, 0.1) is 0 Å². The van der Waals surface area contributed by atoms with E-state index in [4.69, 9.17) is 34.8 Å². The summed E-state index contributed by atoms with van der Waals surface area (Å²) < 4.78 is 0. The second-order valence-corrected chi connectivity index (χ2v) is 5.08. The van der Waals surface area contributed by atoms with Gasteiger partial charge in [-0.2, -0.15) is 0 Å². The first-order valence-corrected chi connectivity index (χ1v) is 6.67. The molecule has 0 heterocycles. The Hall–Kier alpha value is -1.55. The van der Waals surface area contributed by atoms with Crippen LogP contribution in [0.5, 0.6) is 0 Å². The number of nitrogens with one attached hydrogen (secondary N) is 1. The predicted octanol–water partition coefficient (Wildman–Crippen LogP) is 4.62. The summed E-state index contributed by atoms with van der Waals surface area (Å²) in [6.45, 7) is 0. The van der Waals surface area contributed by atoms with Crippen molar-refractivity contribution in [2.75, 3.05) is 5.32 Å². The number of halogens is 3. The largest absolute Gasteiger partial charge is 0.321 e. The molecule has 20 heavy (non-hydrogen) atoms. The molecule has 0 radical (unpaired) electrons. The molecule has 0 aromatic heterocycles. The summed E-state index contributed by atoms with van der Waals surface area (Å²) in [7, 11) is 0. The van der Waals surface area contributed by atoms with Crippen molar-refractivity contribution in [1.82, 2.24) is 0 Å². The molecule has 0 saturated heterocycles. The molecule has 0 saturated carbocycles. The molecule has 0 spiro atoms. The molecular formula is C14H8Cl3NO2. The first kappa shape index (κ1) is 14.9. The molecule has 102 valence electrons. The van der Waals surface area contributed by atoms with Gasteiger partial charge < -0.3 is 5.32 Å². The van der Waals surface area contributed by atoms with Crippen LogP contribution in [0.2, 0.25) is 10.0 Å². The van der Waals surface area contributed by atoms with Crippen molar-refractivity contribution in [1.29, 1.82) is 0 Å². The van der Waals surface area contributed by atoms with Gasteiger partial charge in [0, 0.05) is 5.02 Å². The number of hydrogen-bond acceptors (Lipinski definition) is 2. The minimum absolute atomic E-state index is 0.215. The van der Waals surface area contributed by atoms with E-state index in [2.05, 4.69) is 5.32 Å². The molecule has 0 aliphatic carbocycles. The topological polar surface area (TPSA) is 46.2 Å². The van der Waals surface area contributed by atoms with Crippen LogP contribution >= 0.6 is 34.8 Å². The Kier molecular flexibility index (Phi) is 4.65. The third kappa shape index (κ3) is 3.31. The molecule has 1 N–H and O–H groups in total. The lowest BCUT2D eigenvalue weighted by atomic mass is 10.1. The summed E-state index contributed by atoms with van der Waals surface area (Å²) >= 11 is 17.2. The zero-order valence-corrected chi connectivity index (χ0v) is 12.3. The van der Waals surface area contributed by atoms with Gasteiger partial charge in [-0.1, -0.05) is 35.3 Å². The van der Waals surface area contributed by atoms with Gasteiger partial charge in [-0.05, 0) is 41.9 Å². The van der Waals surface area contributed by atoms with Gasteiger partial charge in [-0.15, -0.1) is 0 Å². The molecule has 1 amide bonds. The van der Waals surface area contributed by atoms with Crippen molar-refractivity contribution in [2.45, 2.75) is 0 Å². The third-order valence-electron chi connectivity index (χ3n) is 2.56. The van der Waals surface area contributed by atoms with Gasteiger partial charge in [0.25, 0.3) is 11.1 Å². The fraction of sp³-hybridized carbons (Fsp3) is 0. The molecule has 3 nitrogen and oxygen atoms in total. The SMILES string of the molecule is O=C(Nc1ccccc1C(=O)Cl)c1ccc(Cl)cc1Cl.